The zero-order valence-electron chi connectivity index (χ0n) is 13.6. The molecule has 0 saturated carbocycles. The number of amides is 1. The van der Waals surface area contributed by atoms with Gasteiger partial charge in [0.25, 0.3) is 11.5 Å². The lowest BCUT2D eigenvalue weighted by Gasteiger charge is -2.21. The molecule has 0 aliphatic carbocycles. The van der Waals surface area contributed by atoms with Crippen molar-refractivity contribution in [2.45, 2.75) is 18.9 Å². The fourth-order valence-electron chi connectivity index (χ4n) is 3.06. The lowest BCUT2D eigenvalue weighted by molar-refractivity contribution is 0.0707. The summed E-state index contributed by atoms with van der Waals surface area (Å²) in [6.45, 7) is 0.463. The number of aromatic amines is 2. The van der Waals surface area contributed by atoms with Gasteiger partial charge in [0.2, 0.25) is 11.7 Å². The second-order valence-electron chi connectivity index (χ2n) is 5.96. The number of hydrogen-bond donors (Lipinski definition) is 2. The molecule has 1 aliphatic heterocycles. The van der Waals surface area contributed by atoms with Crippen molar-refractivity contribution >= 4 is 5.91 Å². The van der Waals surface area contributed by atoms with Crippen LogP contribution in [0.5, 0.6) is 0 Å². The zero-order valence-corrected chi connectivity index (χ0v) is 13.6. The Morgan fingerprint density at radius 1 is 1.23 bits per heavy atom. The van der Waals surface area contributed by atoms with Gasteiger partial charge in [0.05, 0.1) is 0 Å². The number of H-pyrrole nitrogens is 2. The smallest absolute Gasteiger partial charge is 0.325 e. The molecule has 132 valence electrons. The summed E-state index contributed by atoms with van der Waals surface area (Å²) in [5, 5.41) is 3.99. The largest absolute Gasteiger partial charge is 0.337 e. The highest BCUT2D eigenvalue weighted by Gasteiger charge is 2.35. The van der Waals surface area contributed by atoms with E-state index in [0.29, 0.717) is 24.7 Å². The van der Waals surface area contributed by atoms with Crippen LogP contribution in [0.25, 0.3) is 11.4 Å². The van der Waals surface area contributed by atoms with Crippen LogP contribution in [0.2, 0.25) is 0 Å². The van der Waals surface area contributed by atoms with Crippen molar-refractivity contribution < 1.29 is 9.32 Å². The summed E-state index contributed by atoms with van der Waals surface area (Å²) >= 11 is 0. The minimum atomic E-state index is -0.722. The van der Waals surface area contributed by atoms with Crippen molar-refractivity contribution in [3.8, 4) is 11.4 Å². The molecule has 2 aromatic heterocycles. The Balaban J connectivity index is 1.63. The minimum absolute atomic E-state index is 0.126. The fourth-order valence-corrected chi connectivity index (χ4v) is 3.06. The van der Waals surface area contributed by atoms with Crippen molar-refractivity contribution in [2.75, 3.05) is 6.54 Å². The fraction of sp³-hybridized carbons (Fsp3) is 0.235. The predicted octanol–water partition coefficient (Wildman–Crippen LogP) is 1.09. The van der Waals surface area contributed by atoms with Gasteiger partial charge in [-0.15, -0.1) is 0 Å². The van der Waals surface area contributed by atoms with Gasteiger partial charge in [0, 0.05) is 18.3 Å². The van der Waals surface area contributed by atoms with Crippen LogP contribution in [0.3, 0.4) is 0 Å². The van der Waals surface area contributed by atoms with Gasteiger partial charge in [-0.3, -0.25) is 14.6 Å². The van der Waals surface area contributed by atoms with E-state index < -0.39 is 23.2 Å². The normalized spacial score (nSPS) is 16.8. The second-order valence-corrected chi connectivity index (χ2v) is 5.96. The van der Waals surface area contributed by atoms with Gasteiger partial charge in [-0.05, 0) is 12.8 Å². The first-order chi connectivity index (χ1) is 12.6. The van der Waals surface area contributed by atoms with Crippen LogP contribution in [0.15, 0.2) is 50.6 Å². The van der Waals surface area contributed by atoms with Crippen molar-refractivity contribution in [2.24, 2.45) is 0 Å². The van der Waals surface area contributed by atoms with Gasteiger partial charge in [-0.2, -0.15) is 4.98 Å². The number of nitrogens with one attached hydrogen (secondary N) is 2. The van der Waals surface area contributed by atoms with E-state index in [0.717, 1.165) is 18.2 Å². The molecule has 0 radical (unpaired) electrons. The average Bonchev–Trinajstić information content (AvgIpc) is 3.31. The minimum Gasteiger partial charge on any atom is -0.337 e. The Bertz CT molecular complexity index is 1050. The molecule has 2 N–H and O–H groups in total. The molecule has 0 spiro atoms. The Morgan fingerprint density at radius 3 is 2.81 bits per heavy atom. The number of aromatic nitrogens is 4. The number of likely N-dealkylation sites (tertiary alicyclic amines) is 1. The molecular weight excluding hydrogens is 338 g/mol. The van der Waals surface area contributed by atoms with E-state index >= 15 is 0 Å². The van der Waals surface area contributed by atoms with Gasteiger partial charge in [-0.1, -0.05) is 35.5 Å². The van der Waals surface area contributed by atoms with Crippen LogP contribution in [0.4, 0.5) is 0 Å². The van der Waals surface area contributed by atoms with Crippen molar-refractivity contribution in [3.63, 3.8) is 0 Å². The lowest BCUT2D eigenvalue weighted by atomic mass is 10.2. The topological polar surface area (TPSA) is 125 Å². The average molecular weight is 353 g/mol. The van der Waals surface area contributed by atoms with Gasteiger partial charge < -0.3 is 14.4 Å². The quantitative estimate of drug-likeness (QED) is 0.726. The predicted molar refractivity (Wildman–Crippen MR) is 90.4 cm³/mol. The third-order valence-corrected chi connectivity index (χ3v) is 4.32. The molecule has 1 atom stereocenters. The van der Waals surface area contributed by atoms with Crippen LogP contribution < -0.4 is 11.2 Å². The van der Waals surface area contributed by atoms with Crippen LogP contribution in [0, 0.1) is 0 Å². The van der Waals surface area contributed by atoms with Crippen LogP contribution >= 0.6 is 0 Å². The summed E-state index contributed by atoms with van der Waals surface area (Å²) < 4.78 is 5.37. The molecule has 1 fully saturated rings. The van der Waals surface area contributed by atoms with E-state index in [1.54, 1.807) is 0 Å². The third-order valence-electron chi connectivity index (χ3n) is 4.32. The van der Waals surface area contributed by atoms with E-state index in [-0.39, 0.29) is 5.56 Å². The Morgan fingerprint density at radius 2 is 2.04 bits per heavy atom. The number of benzene rings is 1. The van der Waals surface area contributed by atoms with Crippen LogP contribution in [0.1, 0.15) is 35.1 Å². The van der Waals surface area contributed by atoms with Crippen molar-refractivity contribution in [3.05, 3.63) is 68.8 Å². The zero-order chi connectivity index (χ0) is 18.1. The molecule has 1 amide bonds. The summed E-state index contributed by atoms with van der Waals surface area (Å²) in [6, 6.07) is 8.97. The highest BCUT2D eigenvalue weighted by Crippen LogP contribution is 2.32. The summed E-state index contributed by atoms with van der Waals surface area (Å²) in [4.78, 5) is 46.1. The van der Waals surface area contributed by atoms with E-state index in [1.165, 1.54) is 4.90 Å². The molecule has 4 rings (SSSR count). The second kappa shape index (κ2) is 6.43. The maximum Gasteiger partial charge on any atom is 0.325 e. The Kier molecular flexibility index (Phi) is 3.96. The number of carbonyl (C=O) groups is 1. The van der Waals surface area contributed by atoms with Crippen molar-refractivity contribution in [1.82, 2.24) is 25.0 Å². The van der Waals surface area contributed by atoms with E-state index in [2.05, 4.69) is 20.1 Å². The molecular formula is C17H15N5O4. The molecule has 1 aliphatic rings. The SMILES string of the molecule is O=C(c1c[nH]c(=O)[nH]c1=O)N1CCC[C@@H]1c1nc(-c2ccccc2)no1. The van der Waals surface area contributed by atoms with Crippen LogP contribution in [-0.2, 0) is 0 Å². The van der Waals surface area contributed by atoms with Crippen LogP contribution in [-0.4, -0.2) is 37.5 Å². The molecule has 26 heavy (non-hydrogen) atoms. The number of carbonyl (C=O) groups excluding carboxylic acids is 1. The molecule has 1 aromatic carbocycles. The lowest BCUT2D eigenvalue weighted by Crippen LogP contribution is -2.36. The standard InChI is InChI=1S/C17H15N5O4/c23-14-11(9-18-17(25)20-14)16(24)22-8-4-7-12(22)15-19-13(21-26-15)10-5-2-1-3-6-10/h1-3,5-6,9,12H,4,7-8H2,(H2,18,20,23,25)/t12-/m1/s1. The van der Waals surface area contributed by atoms with Gasteiger partial charge in [0.1, 0.15) is 11.6 Å². The first kappa shape index (κ1) is 16.0. The summed E-state index contributed by atoms with van der Waals surface area (Å²) in [7, 11) is 0. The number of rotatable bonds is 3. The molecule has 3 heterocycles. The molecule has 9 heteroatoms. The third kappa shape index (κ3) is 2.83. The highest BCUT2D eigenvalue weighted by molar-refractivity contribution is 5.93. The first-order valence-electron chi connectivity index (χ1n) is 8.15. The van der Waals surface area contributed by atoms with Gasteiger partial charge >= 0.3 is 5.69 Å². The maximum atomic E-state index is 12.7. The Labute approximate surface area is 146 Å². The van der Waals surface area contributed by atoms with Gasteiger partial charge in [-0.25, -0.2) is 4.79 Å². The maximum absolute atomic E-state index is 12.7. The van der Waals surface area contributed by atoms with E-state index in [9.17, 15) is 14.4 Å². The Hall–Kier alpha value is -3.49. The van der Waals surface area contributed by atoms with Gasteiger partial charge in [0.15, 0.2) is 0 Å². The molecule has 3 aromatic rings. The number of hydrogen-bond acceptors (Lipinski definition) is 6. The monoisotopic (exact) mass is 353 g/mol. The molecule has 1 saturated heterocycles. The molecule has 0 unspecified atom stereocenters. The highest BCUT2D eigenvalue weighted by atomic mass is 16.5. The number of nitrogens with zero attached hydrogens (tertiary/aromatic N) is 3. The molecule has 0 bridgehead atoms. The first-order valence-corrected chi connectivity index (χ1v) is 8.15. The summed E-state index contributed by atoms with van der Waals surface area (Å²) in [5.74, 6) is 0.293. The summed E-state index contributed by atoms with van der Waals surface area (Å²) in [6.07, 6.45) is 2.53. The van der Waals surface area contributed by atoms with E-state index in [1.807, 2.05) is 30.3 Å². The summed E-state index contributed by atoms with van der Waals surface area (Å²) in [5.41, 5.74) is -0.691. The van der Waals surface area contributed by atoms with Crippen molar-refractivity contribution in [1.29, 1.82) is 0 Å². The molecule has 9 nitrogen and oxygen atoms in total. The van der Waals surface area contributed by atoms with E-state index in [4.69, 9.17) is 4.52 Å².